The van der Waals surface area contributed by atoms with E-state index in [4.69, 9.17) is 9.47 Å². The Labute approximate surface area is 212 Å². The molecular weight excluding hydrogens is 480 g/mol. The minimum Gasteiger partial charge on any atom is -0.493 e. The smallest absolute Gasteiger partial charge is 0.254 e. The van der Waals surface area contributed by atoms with Crippen molar-refractivity contribution in [3.8, 4) is 28.4 Å². The molecule has 1 amide bonds. The van der Waals surface area contributed by atoms with E-state index in [-0.39, 0.29) is 29.4 Å². The Morgan fingerprint density at radius 2 is 1.78 bits per heavy atom. The van der Waals surface area contributed by atoms with Gasteiger partial charge < -0.3 is 19.4 Å². The van der Waals surface area contributed by atoms with Gasteiger partial charge in [0, 0.05) is 54.1 Å². The molecule has 37 heavy (non-hydrogen) atoms. The van der Waals surface area contributed by atoms with E-state index < -0.39 is 11.6 Å². The Kier molecular flexibility index (Phi) is 7.62. The molecule has 0 bridgehead atoms. The first-order chi connectivity index (χ1) is 17.7. The predicted molar refractivity (Wildman–Crippen MR) is 136 cm³/mol. The number of hydrogen-bond donors (Lipinski definition) is 1. The van der Waals surface area contributed by atoms with Crippen LogP contribution in [0.1, 0.15) is 18.2 Å². The van der Waals surface area contributed by atoms with Crippen molar-refractivity contribution in [1.82, 2.24) is 9.55 Å². The van der Waals surface area contributed by atoms with Gasteiger partial charge in [0.25, 0.3) is 5.56 Å². The average Bonchev–Trinajstić information content (AvgIpc) is 2.85. The summed E-state index contributed by atoms with van der Waals surface area (Å²) in [6.07, 6.45) is 3.33. The monoisotopic (exact) mass is 505 g/mol. The van der Waals surface area contributed by atoms with Crippen molar-refractivity contribution in [2.45, 2.75) is 20.3 Å². The fraction of sp³-hybridized carbons (Fsp3) is 0.179. The summed E-state index contributed by atoms with van der Waals surface area (Å²) in [6, 6.07) is 12.8. The van der Waals surface area contributed by atoms with Gasteiger partial charge in [-0.15, -0.1) is 0 Å². The van der Waals surface area contributed by atoms with E-state index in [9.17, 15) is 18.4 Å². The van der Waals surface area contributed by atoms with Crippen LogP contribution in [0.3, 0.4) is 0 Å². The Bertz CT molecular complexity index is 1500. The molecule has 9 heteroatoms. The lowest BCUT2D eigenvalue weighted by Gasteiger charge is -2.17. The largest absolute Gasteiger partial charge is 0.493 e. The first kappa shape index (κ1) is 25.6. The second-order valence-corrected chi connectivity index (χ2v) is 8.35. The molecule has 4 aromatic rings. The van der Waals surface area contributed by atoms with Crippen molar-refractivity contribution in [3.63, 3.8) is 0 Å². The number of halogens is 2. The van der Waals surface area contributed by atoms with Crippen molar-refractivity contribution in [3.05, 3.63) is 100 Å². The first-order valence-corrected chi connectivity index (χ1v) is 11.6. The second-order valence-electron chi connectivity index (χ2n) is 8.35. The van der Waals surface area contributed by atoms with Crippen LogP contribution in [-0.2, 0) is 18.3 Å². The van der Waals surface area contributed by atoms with E-state index >= 15 is 0 Å². The van der Waals surface area contributed by atoms with Crippen LogP contribution in [0.5, 0.6) is 17.2 Å². The van der Waals surface area contributed by atoms with Crippen LogP contribution < -0.4 is 20.3 Å². The number of anilines is 1. The molecule has 0 atom stereocenters. The van der Waals surface area contributed by atoms with Gasteiger partial charge >= 0.3 is 0 Å². The number of aryl methyl sites for hydroxylation is 2. The van der Waals surface area contributed by atoms with Crippen LogP contribution in [0.15, 0.2) is 71.8 Å². The van der Waals surface area contributed by atoms with Gasteiger partial charge in [-0.05, 0) is 55.8 Å². The number of benzene rings is 2. The van der Waals surface area contributed by atoms with E-state index in [1.165, 1.54) is 16.7 Å². The van der Waals surface area contributed by atoms with E-state index in [0.717, 1.165) is 23.4 Å². The Hall–Kier alpha value is -4.53. The normalized spacial score (nSPS) is 10.7. The minimum absolute atomic E-state index is 0.117. The van der Waals surface area contributed by atoms with Crippen LogP contribution in [0.25, 0.3) is 11.1 Å². The number of carbonyl (C=O) groups is 1. The molecular formula is C28H25F2N3O4. The van der Waals surface area contributed by atoms with Crippen LogP contribution in [0, 0.1) is 18.6 Å². The summed E-state index contributed by atoms with van der Waals surface area (Å²) in [5.41, 5.74) is 2.69. The highest BCUT2D eigenvalue weighted by molar-refractivity contribution is 5.93. The molecule has 0 aliphatic heterocycles. The lowest BCUT2D eigenvalue weighted by Crippen LogP contribution is -2.16. The third-order valence-electron chi connectivity index (χ3n) is 5.49. The van der Waals surface area contributed by atoms with E-state index in [0.29, 0.717) is 29.2 Å². The van der Waals surface area contributed by atoms with Gasteiger partial charge in [-0.1, -0.05) is 6.07 Å². The molecule has 190 valence electrons. The molecule has 0 unspecified atom stereocenters. The predicted octanol–water partition coefficient (Wildman–Crippen LogP) is 5.41. The van der Waals surface area contributed by atoms with Crippen molar-refractivity contribution >= 4 is 11.6 Å². The minimum atomic E-state index is -0.875. The van der Waals surface area contributed by atoms with Gasteiger partial charge in [0.2, 0.25) is 5.91 Å². The number of rotatable bonds is 8. The molecule has 0 saturated heterocycles. The standard InChI is InChI=1S/C28H25F2N3O4/c1-4-36-26-14-28(35)33(3)16-22(26)21-13-20(32-27(34)11-18-6-5-17(2)31-15-18)8-10-24(21)37-25-9-7-19(29)12-23(25)30/h5-10,12-16H,4,11H2,1-3H3,(H,32,34). The topological polar surface area (TPSA) is 82.5 Å². The van der Waals surface area contributed by atoms with Crippen LogP contribution in [0.4, 0.5) is 14.5 Å². The molecule has 7 nitrogen and oxygen atoms in total. The molecule has 0 spiro atoms. The highest BCUT2D eigenvalue weighted by Crippen LogP contribution is 2.40. The number of carbonyl (C=O) groups excluding carboxylic acids is 1. The molecule has 4 rings (SSSR count). The summed E-state index contributed by atoms with van der Waals surface area (Å²) in [4.78, 5) is 29.2. The number of hydrogen-bond acceptors (Lipinski definition) is 5. The zero-order valence-electron chi connectivity index (χ0n) is 20.5. The molecule has 0 radical (unpaired) electrons. The number of pyridine rings is 2. The Morgan fingerprint density at radius 1 is 1.00 bits per heavy atom. The highest BCUT2D eigenvalue weighted by Gasteiger charge is 2.18. The van der Waals surface area contributed by atoms with E-state index in [1.54, 1.807) is 44.6 Å². The number of amides is 1. The summed E-state index contributed by atoms with van der Waals surface area (Å²) < 4.78 is 40.7. The van der Waals surface area contributed by atoms with Crippen LogP contribution >= 0.6 is 0 Å². The third kappa shape index (κ3) is 6.19. The van der Waals surface area contributed by atoms with Gasteiger partial charge in [0.05, 0.1) is 13.0 Å². The van der Waals surface area contributed by atoms with E-state index in [2.05, 4.69) is 10.3 Å². The molecule has 1 N–H and O–H groups in total. The van der Waals surface area contributed by atoms with Crippen molar-refractivity contribution in [2.75, 3.05) is 11.9 Å². The fourth-order valence-corrected chi connectivity index (χ4v) is 3.67. The summed E-state index contributed by atoms with van der Waals surface area (Å²) in [7, 11) is 1.59. The maximum absolute atomic E-state index is 14.4. The zero-order valence-corrected chi connectivity index (χ0v) is 20.5. The molecule has 2 aromatic heterocycles. The fourth-order valence-electron chi connectivity index (χ4n) is 3.67. The molecule has 2 heterocycles. The van der Waals surface area contributed by atoms with Gasteiger partial charge in [-0.3, -0.25) is 14.6 Å². The van der Waals surface area contributed by atoms with Crippen LogP contribution in [-0.4, -0.2) is 22.1 Å². The molecule has 0 fully saturated rings. The quantitative estimate of drug-likeness (QED) is 0.347. The van der Waals surface area contributed by atoms with Crippen molar-refractivity contribution in [1.29, 1.82) is 0 Å². The Balaban J connectivity index is 1.74. The van der Waals surface area contributed by atoms with Crippen molar-refractivity contribution < 1.29 is 23.0 Å². The molecule has 0 aliphatic carbocycles. The summed E-state index contributed by atoms with van der Waals surface area (Å²) in [6.45, 7) is 3.94. The summed E-state index contributed by atoms with van der Waals surface area (Å²) >= 11 is 0. The van der Waals surface area contributed by atoms with Crippen LogP contribution in [0.2, 0.25) is 0 Å². The maximum atomic E-state index is 14.4. The Morgan fingerprint density at radius 3 is 2.49 bits per heavy atom. The maximum Gasteiger partial charge on any atom is 0.254 e. The van der Waals surface area contributed by atoms with Gasteiger partial charge in [0.1, 0.15) is 17.3 Å². The number of nitrogens with one attached hydrogen (secondary N) is 1. The van der Waals surface area contributed by atoms with Gasteiger partial charge in [-0.25, -0.2) is 8.78 Å². The summed E-state index contributed by atoms with van der Waals surface area (Å²) in [5.74, 6) is -1.55. The lowest BCUT2D eigenvalue weighted by atomic mass is 10.0. The van der Waals surface area contributed by atoms with Gasteiger partial charge in [0.15, 0.2) is 11.6 Å². The number of ether oxygens (including phenoxy) is 2. The molecule has 0 aliphatic rings. The molecule has 2 aromatic carbocycles. The number of nitrogens with zero attached hydrogens (tertiary/aromatic N) is 2. The number of aromatic nitrogens is 2. The lowest BCUT2D eigenvalue weighted by molar-refractivity contribution is -0.115. The third-order valence-corrected chi connectivity index (χ3v) is 5.49. The van der Waals surface area contributed by atoms with Gasteiger partial charge in [-0.2, -0.15) is 0 Å². The second kappa shape index (κ2) is 11.0. The average molecular weight is 506 g/mol. The summed E-state index contributed by atoms with van der Waals surface area (Å²) in [5, 5.41) is 2.85. The zero-order chi connectivity index (χ0) is 26.5. The molecule has 0 saturated carbocycles. The first-order valence-electron chi connectivity index (χ1n) is 11.6. The van der Waals surface area contributed by atoms with E-state index in [1.807, 2.05) is 19.1 Å². The van der Waals surface area contributed by atoms with Crippen molar-refractivity contribution in [2.24, 2.45) is 7.05 Å². The SMILES string of the molecule is CCOc1cc(=O)n(C)cc1-c1cc(NC(=O)Cc2ccc(C)nc2)ccc1Oc1ccc(F)cc1F. The highest BCUT2D eigenvalue weighted by atomic mass is 19.1.